The molecule has 57 valence electrons. The number of rotatable bonds is 0. The first kappa shape index (κ1) is 9.80. The van der Waals surface area contributed by atoms with E-state index in [0.717, 1.165) is 5.39 Å². The van der Waals surface area contributed by atoms with Gasteiger partial charge in [-0.3, -0.25) is 0 Å². The van der Waals surface area contributed by atoms with Gasteiger partial charge in [0.1, 0.15) is 10.8 Å². The smallest absolute Gasteiger partial charge is 0.223 e. The number of anilines is 1. The van der Waals surface area contributed by atoms with E-state index in [2.05, 4.69) is 15.0 Å². The molecule has 0 aliphatic rings. The Labute approximate surface area is 95.8 Å². The zero-order valence-corrected chi connectivity index (χ0v) is 9.26. The summed E-state index contributed by atoms with van der Waals surface area (Å²) in [5, 5.41) is 1.18. The molecule has 2 aromatic heterocycles. The molecule has 2 heterocycles. The molecule has 0 spiro atoms. The fraction of sp³-hybridized carbons (Fsp3) is 0. The zero-order chi connectivity index (χ0) is 7.84. The Bertz CT molecular complexity index is 399. The molecule has 0 saturated heterocycles. The molecule has 3 N–H and O–H groups in total. The minimum Gasteiger partial charge on any atom is -0.368 e. The van der Waals surface area contributed by atoms with Crippen LogP contribution >= 0.6 is 11.6 Å². The summed E-state index contributed by atoms with van der Waals surface area (Å²) in [4.78, 5) is 10.6. The summed E-state index contributed by atoms with van der Waals surface area (Å²) >= 11 is 5.75. The van der Waals surface area contributed by atoms with Crippen LogP contribution in [0, 0.1) is 0 Å². The van der Waals surface area contributed by atoms with Crippen molar-refractivity contribution in [3.05, 3.63) is 17.4 Å². The molecule has 0 unspecified atom stereocenters. The second-order valence-corrected chi connectivity index (χ2v) is 2.47. The van der Waals surface area contributed by atoms with E-state index in [1.54, 1.807) is 12.3 Å². The van der Waals surface area contributed by atoms with Crippen LogP contribution in [0.2, 0.25) is 5.15 Å². The minimum absolute atomic E-state index is 0. The third-order valence-corrected chi connectivity index (χ3v) is 1.67. The molecular weight excluding hydrogens is 187 g/mol. The molecule has 0 aliphatic heterocycles. The largest absolute Gasteiger partial charge is 0.368 e. The van der Waals surface area contributed by atoms with E-state index >= 15 is 0 Å². The fourth-order valence-electron chi connectivity index (χ4n) is 0.920. The first-order valence-corrected chi connectivity index (χ1v) is 3.41. The molecule has 0 aromatic carbocycles. The summed E-state index contributed by atoms with van der Waals surface area (Å²) in [6.45, 7) is 0. The Morgan fingerprint density at radius 1 is 1.42 bits per heavy atom. The predicted molar refractivity (Wildman–Crippen MR) is 49.1 cm³/mol. The summed E-state index contributed by atoms with van der Waals surface area (Å²) in [7, 11) is 0. The number of H-pyrrole nitrogens is 1. The Hall–Kier alpha value is -0.290. The topological polar surface area (TPSA) is 67.6 Å². The van der Waals surface area contributed by atoms with Crippen molar-refractivity contribution in [3.8, 4) is 0 Å². The second-order valence-electron chi connectivity index (χ2n) is 2.11. The minimum atomic E-state index is 0. The van der Waals surface area contributed by atoms with E-state index in [1.165, 1.54) is 0 Å². The average molecular weight is 192 g/mol. The first-order valence-electron chi connectivity index (χ1n) is 3.03. The quantitative estimate of drug-likeness (QED) is 0.478. The molecule has 4 nitrogen and oxygen atoms in total. The monoisotopic (exact) mass is 191 g/mol. The van der Waals surface area contributed by atoms with Crippen LogP contribution in [0.1, 0.15) is 0 Å². The Kier molecular flexibility index (Phi) is 2.95. The number of nitrogens with two attached hydrogens (primary N) is 1. The van der Waals surface area contributed by atoms with E-state index < -0.39 is 0 Å². The number of halogens is 1. The van der Waals surface area contributed by atoms with Crippen LogP contribution in [-0.4, -0.2) is 44.5 Å². The number of hydrogen-bond donors (Lipinski definition) is 2. The maximum absolute atomic E-state index is 5.75. The van der Waals surface area contributed by atoms with Crippen LogP contribution in [0.5, 0.6) is 0 Å². The van der Waals surface area contributed by atoms with Crippen LogP contribution < -0.4 is 5.73 Å². The first-order chi connectivity index (χ1) is 5.27. The molecule has 6 heteroatoms. The van der Waals surface area contributed by atoms with E-state index in [9.17, 15) is 0 Å². The summed E-state index contributed by atoms with van der Waals surface area (Å²) in [6.07, 6.45) is 1.74. The van der Waals surface area contributed by atoms with Gasteiger partial charge in [0.15, 0.2) is 0 Å². The van der Waals surface area contributed by atoms with Crippen LogP contribution in [0.3, 0.4) is 0 Å². The van der Waals surface area contributed by atoms with Gasteiger partial charge in [-0.1, -0.05) is 11.6 Å². The molecule has 0 aliphatic carbocycles. The van der Waals surface area contributed by atoms with Crippen molar-refractivity contribution in [2.45, 2.75) is 0 Å². The standard InChI is InChI=1S/C6H5ClN4.Na/c7-4-3-1-2-9-5(3)11-6(8)10-4;/h1-2H,(H3,8,9,10,11);. The van der Waals surface area contributed by atoms with Gasteiger partial charge in [-0.2, -0.15) is 4.98 Å². The van der Waals surface area contributed by atoms with Crippen molar-refractivity contribution in [2.24, 2.45) is 0 Å². The summed E-state index contributed by atoms with van der Waals surface area (Å²) in [5.74, 6) is 0.185. The van der Waals surface area contributed by atoms with Gasteiger partial charge in [0, 0.05) is 35.8 Å². The third-order valence-electron chi connectivity index (χ3n) is 1.39. The molecule has 0 amide bonds. The summed E-state index contributed by atoms with van der Waals surface area (Å²) in [5.41, 5.74) is 6.03. The SMILES string of the molecule is Nc1nc(Cl)c2cc[nH]c2n1.[Na]. The van der Waals surface area contributed by atoms with Gasteiger partial charge >= 0.3 is 0 Å². The van der Waals surface area contributed by atoms with E-state index in [-0.39, 0.29) is 35.5 Å². The van der Waals surface area contributed by atoms with Crippen LogP contribution in [0.25, 0.3) is 11.0 Å². The maximum Gasteiger partial charge on any atom is 0.223 e. The number of fused-ring (bicyclic) bond motifs is 1. The van der Waals surface area contributed by atoms with Gasteiger partial charge in [0.2, 0.25) is 5.95 Å². The number of nitrogens with one attached hydrogen (secondary N) is 1. The summed E-state index contributed by atoms with van der Waals surface area (Å²) in [6, 6.07) is 1.80. The number of nitrogen functional groups attached to an aromatic ring is 1. The third kappa shape index (κ3) is 1.56. The molecule has 0 atom stereocenters. The number of hydrogen-bond acceptors (Lipinski definition) is 3. The molecule has 0 saturated carbocycles. The molecule has 0 fully saturated rings. The van der Waals surface area contributed by atoms with Crippen molar-refractivity contribution >= 4 is 58.1 Å². The van der Waals surface area contributed by atoms with Crippen molar-refractivity contribution < 1.29 is 0 Å². The Balaban J connectivity index is 0.000000720. The molecule has 2 aromatic rings. The molecule has 0 bridgehead atoms. The van der Waals surface area contributed by atoms with Gasteiger partial charge in [-0.15, -0.1) is 0 Å². The van der Waals surface area contributed by atoms with Crippen molar-refractivity contribution in [2.75, 3.05) is 5.73 Å². The van der Waals surface area contributed by atoms with Crippen molar-refractivity contribution in [1.29, 1.82) is 0 Å². The zero-order valence-electron chi connectivity index (χ0n) is 6.50. The molecule has 12 heavy (non-hydrogen) atoms. The van der Waals surface area contributed by atoms with Crippen LogP contribution in [0.4, 0.5) is 5.95 Å². The fourth-order valence-corrected chi connectivity index (χ4v) is 1.16. The maximum atomic E-state index is 5.75. The average Bonchev–Trinajstić information content (AvgIpc) is 2.34. The predicted octanol–water partition coefficient (Wildman–Crippen LogP) is 0.813. The Morgan fingerprint density at radius 2 is 2.17 bits per heavy atom. The van der Waals surface area contributed by atoms with Crippen molar-refractivity contribution in [3.63, 3.8) is 0 Å². The van der Waals surface area contributed by atoms with Gasteiger partial charge in [-0.25, -0.2) is 4.98 Å². The number of aromatic nitrogens is 3. The molecule has 1 radical (unpaired) electrons. The van der Waals surface area contributed by atoms with Gasteiger partial charge in [0.05, 0.1) is 5.39 Å². The second kappa shape index (κ2) is 3.62. The number of aromatic amines is 1. The van der Waals surface area contributed by atoms with Crippen LogP contribution in [0.15, 0.2) is 12.3 Å². The van der Waals surface area contributed by atoms with Gasteiger partial charge in [0.25, 0.3) is 0 Å². The molecule has 2 rings (SSSR count). The van der Waals surface area contributed by atoms with Gasteiger partial charge in [-0.05, 0) is 6.07 Å². The number of nitrogens with zero attached hydrogens (tertiary/aromatic N) is 2. The Morgan fingerprint density at radius 3 is 2.92 bits per heavy atom. The summed E-state index contributed by atoms with van der Waals surface area (Å²) < 4.78 is 0. The van der Waals surface area contributed by atoms with E-state index in [1.807, 2.05) is 0 Å². The molecular formula is C6H5ClN4Na. The van der Waals surface area contributed by atoms with Crippen LogP contribution in [-0.2, 0) is 0 Å². The normalized spacial score (nSPS) is 9.75. The van der Waals surface area contributed by atoms with E-state index in [4.69, 9.17) is 17.3 Å². The van der Waals surface area contributed by atoms with E-state index in [0.29, 0.717) is 10.8 Å². The van der Waals surface area contributed by atoms with Crippen molar-refractivity contribution in [1.82, 2.24) is 15.0 Å². The van der Waals surface area contributed by atoms with Gasteiger partial charge < -0.3 is 10.7 Å².